The number of nitrogens with one attached hydrogen (secondary N) is 1. The van der Waals surface area contributed by atoms with Crippen molar-refractivity contribution in [3.8, 4) is 0 Å². The molecule has 3 rings (SSSR count). The number of nitrogens with zero attached hydrogens (tertiary/aromatic N) is 3. The van der Waals surface area contributed by atoms with Crippen molar-refractivity contribution in [3.63, 3.8) is 0 Å². The van der Waals surface area contributed by atoms with Crippen LogP contribution in [0.5, 0.6) is 0 Å². The third kappa shape index (κ3) is 4.68. The summed E-state index contributed by atoms with van der Waals surface area (Å²) >= 11 is 0. The fourth-order valence-electron chi connectivity index (χ4n) is 2.72. The van der Waals surface area contributed by atoms with E-state index in [1.807, 2.05) is 42.2 Å². The predicted octanol–water partition coefficient (Wildman–Crippen LogP) is 4.34. The first-order valence-electron chi connectivity index (χ1n) is 8.87. The Morgan fingerprint density at radius 2 is 1.82 bits per heavy atom. The van der Waals surface area contributed by atoms with E-state index in [2.05, 4.69) is 15.3 Å². The van der Waals surface area contributed by atoms with E-state index in [-0.39, 0.29) is 11.4 Å². The van der Waals surface area contributed by atoms with Crippen molar-refractivity contribution in [1.82, 2.24) is 9.97 Å². The third-order valence-electron chi connectivity index (χ3n) is 4.14. The normalized spacial score (nSPS) is 10.6. The van der Waals surface area contributed by atoms with E-state index in [4.69, 9.17) is 0 Å². The van der Waals surface area contributed by atoms with E-state index < -0.39 is 17.5 Å². The lowest BCUT2D eigenvalue weighted by Crippen LogP contribution is -2.26. The fraction of sp³-hybridized carbons (Fsp3) is 0.190. The minimum atomic E-state index is -0.849. The van der Waals surface area contributed by atoms with Gasteiger partial charge in [0.1, 0.15) is 17.3 Å². The highest BCUT2D eigenvalue weighted by Gasteiger charge is 2.16. The second kappa shape index (κ2) is 8.56. The Labute approximate surface area is 162 Å². The van der Waals surface area contributed by atoms with Gasteiger partial charge in [0.2, 0.25) is 5.95 Å². The molecule has 0 atom stereocenters. The second-order valence-electron chi connectivity index (χ2n) is 6.27. The number of aryl methyl sites for hydroxylation is 1. The molecule has 7 heteroatoms. The summed E-state index contributed by atoms with van der Waals surface area (Å²) in [5, 5.41) is 2.43. The van der Waals surface area contributed by atoms with E-state index in [9.17, 15) is 13.6 Å². The predicted molar refractivity (Wildman–Crippen MR) is 104 cm³/mol. The zero-order valence-corrected chi connectivity index (χ0v) is 15.6. The summed E-state index contributed by atoms with van der Waals surface area (Å²) in [6.45, 7) is 4.97. The molecule has 5 nitrogen and oxygen atoms in total. The molecule has 0 aliphatic heterocycles. The number of amides is 1. The van der Waals surface area contributed by atoms with E-state index >= 15 is 0 Å². The third-order valence-corrected chi connectivity index (χ3v) is 4.14. The van der Waals surface area contributed by atoms with Crippen LogP contribution >= 0.6 is 0 Å². The molecule has 1 N–H and O–H groups in total. The average molecular weight is 382 g/mol. The number of carbonyl (C=O) groups is 1. The molecule has 144 valence electrons. The summed E-state index contributed by atoms with van der Waals surface area (Å²) in [5.41, 5.74) is 1.70. The van der Waals surface area contributed by atoms with Gasteiger partial charge in [-0.15, -0.1) is 0 Å². The molecule has 3 aromatic rings. The average Bonchev–Trinajstić information content (AvgIpc) is 2.68. The van der Waals surface area contributed by atoms with Gasteiger partial charge in [0.05, 0.1) is 5.69 Å². The second-order valence-corrected chi connectivity index (χ2v) is 6.27. The van der Waals surface area contributed by atoms with Crippen LogP contribution in [0.25, 0.3) is 0 Å². The number of carbonyl (C=O) groups excluding carboxylic acids is 1. The molecule has 0 radical (unpaired) electrons. The summed E-state index contributed by atoms with van der Waals surface area (Å²) in [4.78, 5) is 23.3. The molecule has 0 unspecified atom stereocenters. The number of benzene rings is 2. The summed E-state index contributed by atoms with van der Waals surface area (Å²) in [5.74, 6) is -1.74. The van der Waals surface area contributed by atoms with Gasteiger partial charge in [-0.1, -0.05) is 30.3 Å². The quantitative estimate of drug-likeness (QED) is 0.689. The lowest BCUT2D eigenvalue weighted by Gasteiger charge is -2.21. The van der Waals surface area contributed by atoms with Gasteiger partial charge in [0, 0.05) is 24.8 Å². The van der Waals surface area contributed by atoms with Crippen LogP contribution in [0.1, 0.15) is 28.7 Å². The van der Waals surface area contributed by atoms with E-state index in [1.165, 1.54) is 12.1 Å². The molecule has 28 heavy (non-hydrogen) atoms. The molecule has 2 aromatic carbocycles. The molecule has 0 aliphatic rings. The molecule has 1 aromatic heterocycles. The maximum absolute atomic E-state index is 13.8. The van der Waals surface area contributed by atoms with Crippen LogP contribution < -0.4 is 10.2 Å². The van der Waals surface area contributed by atoms with Gasteiger partial charge in [-0.25, -0.2) is 18.7 Å². The number of halogens is 2. The van der Waals surface area contributed by atoms with Crippen molar-refractivity contribution in [2.24, 2.45) is 0 Å². The number of aromatic nitrogens is 2. The van der Waals surface area contributed by atoms with Crippen LogP contribution in [0.4, 0.5) is 20.4 Å². The van der Waals surface area contributed by atoms with Crippen LogP contribution in [-0.4, -0.2) is 22.4 Å². The van der Waals surface area contributed by atoms with Crippen LogP contribution in [0.3, 0.4) is 0 Å². The minimum Gasteiger partial charge on any atom is -0.337 e. The number of anilines is 2. The van der Waals surface area contributed by atoms with E-state index in [0.717, 1.165) is 11.6 Å². The SMILES string of the molecule is CCN(Cc1ccccc1)c1nc(C)cc(C(=O)Nc2ccc(F)cc2F)n1. The summed E-state index contributed by atoms with van der Waals surface area (Å²) in [6, 6.07) is 14.3. The number of hydrogen-bond acceptors (Lipinski definition) is 4. The molecular formula is C21H20F2N4O. The summed E-state index contributed by atoms with van der Waals surface area (Å²) in [6.07, 6.45) is 0. The lowest BCUT2D eigenvalue weighted by atomic mass is 10.2. The van der Waals surface area contributed by atoms with E-state index in [1.54, 1.807) is 6.92 Å². The van der Waals surface area contributed by atoms with Crippen molar-refractivity contribution in [2.45, 2.75) is 20.4 Å². The van der Waals surface area contributed by atoms with Crippen LogP contribution in [0.15, 0.2) is 54.6 Å². The summed E-state index contributed by atoms with van der Waals surface area (Å²) < 4.78 is 26.9. The largest absolute Gasteiger partial charge is 0.337 e. The molecular weight excluding hydrogens is 362 g/mol. The zero-order valence-electron chi connectivity index (χ0n) is 15.6. The van der Waals surface area contributed by atoms with Gasteiger partial charge in [-0.2, -0.15) is 0 Å². The highest BCUT2D eigenvalue weighted by Crippen LogP contribution is 2.18. The van der Waals surface area contributed by atoms with Crippen LogP contribution in [0, 0.1) is 18.6 Å². The van der Waals surface area contributed by atoms with Gasteiger partial charge in [-0.3, -0.25) is 4.79 Å². The van der Waals surface area contributed by atoms with Crippen molar-refractivity contribution in [3.05, 3.63) is 83.2 Å². The highest BCUT2D eigenvalue weighted by atomic mass is 19.1. The fourth-order valence-corrected chi connectivity index (χ4v) is 2.72. The topological polar surface area (TPSA) is 58.1 Å². The van der Waals surface area contributed by atoms with Gasteiger partial charge >= 0.3 is 0 Å². The van der Waals surface area contributed by atoms with Crippen molar-refractivity contribution in [2.75, 3.05) is 16.8 Å². The lowest BCUT2D eigenvalue weighted by molar-refractivity contribution is 0.102. The Morgan fingerprint density at radius 1 is 1.07 bits per heavy atom. The van der Waals surface area contributed by atoms with Gasteiger partial charge in [0.15, 0.2) is 0 Å². The van der Waals surface area contributed by atoms with Gasteiger partial charge < -0.3 is 10.2 Å². The first-order valence-corrected chi connectivity index (χ1v) is 8.87. The molecule has 0 saturated heterocycles. The monoisotopic (exact) mass is 382 g/mol. The standard InChI is InChI=1S/C21H20F2N4O/c1-3-27(13-15-7-5-4-6-8-15)21-24-14(2)11-19(26-21)20(28)25-18-10-9-16(22)12-17(18)23/h4-12H,3,13H2,1-2H3,(H,25,28). The van der Waals surface area contributed by atoms with Crippen molar-refractivity contribution >= 4 is 17.5 Å². The molecule has 0 saturated carbocycles. The Balaban J connectivity index is 1.84. The van der Waals surface area contributed by atoms with Gasteiger partial charge in [0.25, 0.3) is 5.91 Å². The maximum Gasteiger partial charge on any atom is 0.274 e. The minimum absolute atomic E-state index is 0.109. The van der Waals surface area contributed by atoms with Gasteiger partial charge in [-0.05, 0) is 37.6 Å². The van der Waals surface area contributed by atoms with Crippen molar-refractivity contribution < 1.29 is 13.6 Å². The maximum atomic E-state index is 13.8. The molecule has 1 heterocycles. The van der Waals surface area contributed by atoms with Crippen molar-refractivity contribution in [1.29, 1.82) is 0 Å². The Morgan fingerprint density at radius 3 is 2.50 bits per heavy atom. The molecule has 0 spiro atoms. The molecule has 0 fully saturated rings. The Kier molecular flexibility index (Phi) is 5.93. The summed E-state index contributed by atoms with van der Waals surface area (Å²) in [7, 11) is 0. The number of hydrogen-bond donors (Lipinski definition) is 1. The first-order chi connectivity index (χ1) is 13.5. The first kappa shape index (κ1) is 19.4. The van der Waals surface area contributed by atoms with E-state index in [0.29, 0.717) is 30.8 Å². The molecule has 0 aliphatic carbocycles. The number of rotatable bonds is 6. The smallest absolute Gasteiger partial charge is 0.274 e. The Hall–Kier alpha value is -3.35. The molecule has 1 amide bonds. The van der Waals surface area contributed by atoms with Crippen LogP contribution in [-0.2, 0) is 6.54 Å². The highest BCUT2D eigenvalue weighted by molar-refractivity contribution is 6.03. The molecule has 0 bridgehead atoms. The van der Waals surface area contributed by atoms with Crippen LogP contribution in [0.2, 0.25) is 0 Å². The Bertz CT molecular complexity index is 979. The zero-order chi connectivity index (χ0) is 20.1.